The van der Waals surface area contributed by atoms with Gasteiger partial charge in [-0.15, -0.1) is 0 Å². The molecular formula is C30H60Br2O2. The monoisotopic (exact) mass is 610 g/mol. The molecular weight excluding hydrogens is 552 g/mol. The molecule has 4 heteroatoms. The van der Waals surface area contributed by atoms with Crippen molar-refractivity contribution in [1.29, 1.82) is 0 Å². The van der Waals surface area contributed by atoms with Crippen molar-refractivity contribution in [2.24, 2.45) is 0 Å². The molecule has 0 unspecified atom stereocenters. The van der Waals surface area contributed by atoms with Crippen molar-refractivity contribution in [3.8, 4) is 0 Å². The average Bonchev–Trinajstić information content (AvgIpc) is 2.85. The summed E-state index contributed by atoms with van der Waals surface area (Å²) >= 11 is 7.00. The van der Waals surface area contributed by atoms with Gasteiger partial charge in [0.25, 0.3) is 0 Å². The Labute approximate surface area is 231 Å². The van der Waals surface area contributed by atoms with Crippen LogP contribution in [0, 0.1) is 0 Å². The average molecular weight is 613 g/mol. The highest BCUT2D eigenvalue weighted by atomic mass is 79.9. The molecule has 206 valence electrons. The lowest BCUT2D eigenvalue weighted by molar-refractivity contribution is 0.125. The van der Waals surface area contributed by atoms with Crippen molar-refractivity contribution < 1.29 is 9.47 Å². The molecule has 0 bridgehead atoms. The molecule has 0 atom stereocenters. The predicted molar refractivity (Wildman–Crippen MR) is 160 cm³/mol. The second-order valence-corrected chi connectivity index (χ2v) is 11.7. The van der Waals surface area contributed by atoms with Gasteiger partial charge in [-0.2, -0.15) is 0 Å². The van der Waals surface area contributed by atoms with Crippen molar-refractivity contribution in [3.05, 3.63) is 0 Å². The van der Waals surface area contributed by atoms with Gasteiger partial charge >= 0.3 is 0 Å². The van der Waals surface area contributed by atoms with Crippen LogP contribution < -0.4 is 0 Å². The summed E-state index contributed by atoms with van der Waals surface area (Å²) < 4.78 is 11.6. The number of hydrogen-bond donors (Lipinski definition) is 0. The molecule has 0 saturated carbocycles. The van der Waals surface area contributed by atoms with Gasteiger partial charge < -0.3 is 9.47 Å². The number of alkyl halides is 2. The largest absolute Gasteiger partial charge is 0.381 e. The Morgan fingerprint density at radius 3 is 0.618 bits per heavy atom. The van der Waals surface area contributed by atoms with Crippen LogP contribution in [0.3, 0.4) is 0 Å². The summed E-state index contributed by atoms with van der Waals surface area (Å²) in [5, 5.41) is 2.33. The molecule has 0 aromatic rings. The van der Waals surface area contributed by atoms with E-state index in [4.69, 9.17) is 9.47 Å². The maximum Gasteiger partial charge on any atom is 0.0466 e. The summed E-state index contributed by atoms with van der Waals surface area (Å²) in [5.41, 5.74) is 0. The number of ether oxygens (including phenoxy) is 2. The van der Waals surface area contributed by atoms with Crippen LogP contribution >= 0.6 is 31.9 Å². The minimum absolute atomic E-state index is 0.973. The molecule has 0 heterocycles. The predicted octanol–water partition coefficient (Wildman–Crippen LogP) is 11.2. The fraction of sp³-hybridized carbons (Fsp3) is 1.00. The molecule has 34 heavy (non-hydrogen) atoms. The maximum absolute atomic E-state index is 5.81. The van der Waals surface area contributed by atoms with Crippen molar-refractivity contribution in [1.82, 2.24) is 0 Å². The van der Waals surface area contributed by atoms with Crippen molar-refractivity contribution in [2.75, 3.05) is 37.1 Å². The first-order valence-corrected chi connectivity index (χ1v) is 17.4. The van der Waals surface area contributed by atoms with Gasteiger partial charge in [-0.25, -0.2) is 0 Å². The lowest BCUT2D eigenvalue weighted by atomic mass is 10.1. The quantitative estimate of drug-likeness (QED) is 0.0573. The summed E-state index contributed by atoms with van der Waals surface area (Å²) in [6.07, 6.45) is 32.6. The van der Waals surface area contributed by atoms with E-state index in [0.717, 1.165) is 26.4 Å². The van der Waals surface area contributed by atoms with Crippen LogP contribution in [0.15, 0.2) is 0 Å². The zero-order chi connectivity index (χ0) is 24.6. The van der Waals surface area contributed by atoms with E-state index in [1.807, 2.05) is 0 Å². The molecule has 2 nitrogen and oxygen atoms in total. The fourth-order valence-electron chi connectivity index (χ4n) is 4.39. The van der Waals surface area contributed by atoms with Crippen LogP contribution in [0.4, 0.5) is 0 Å². The number of halogens is 2. The Balaban J connectivity index is 2.99. The molecule has 0 aromatic carbocycles. The van der Waals surface area contributed by atoms with E-state index >= 15 is 0 Å². The highest BCUT2D eigenvalue weighted by molar-refractivity contribution is 9.09. The van der Waals surface area contributed by atoms with Gasteiger partial charge in [0.2, 0.25) is 0 Å². The number of rotatable bonds is 31. The molecule has 0 radical (unpaired) electrons. The summed E-state index contributed by atoms with van der Waals surface area (Å²) in [7, 11) is 0. The summed E-state index contributed by atoms with van der Waals surface area (Å²) in [4.78, 5) is 0. The lowest BCUT2D eigenvalue weighted by Crippen LogP contribution is -1.97. The third kappa shape index (κ3) is 32.9. The van der Waals surface area contributed by atoms with Gasteiger partial charge in [-0.1, -0.05) is 147 Å². The molecule has 0 N–H and O–H groups in total. The zero-order valence-electron chi connectivity index (χ0n) is 22.8. The Morgan fingerprint density at radius 1 is 0.235 bits per heavy atom. The molecule has 0 aliphatic rings. The zero-order valence-corrected chi connectivity index (χ0v) is 26.0. The second-order valence-electron chi connectivity index (χ2n) is 10.1. The Hall–Kier alpha value is 0.880. The molecule has 0 rings (SSSR count). The maximum atomic E-state index is 5.81. The lowest BCUT2D eigenvalue weighted by Gasteiger charge is -2.06. The minimum atomic E-state index is 0.973. The summed E-state index contributed by atoms with van der Waals surface area (Å²) in [6, 6.07) is 0. The van der Waals surface area contributed by atoms with Crippen LogP contribution in [0.1, 0.15) is 154 Å². The van der Waals surface area contributed by atoms with Crippen LogP contribution in [0.5, 0.6) is 0 Å². The highest BCUT2D eigenvalue weighted by Crippen LogP contribution is 2.12. The van der Waals surface area contributed by atoms with E-state index in [-0.39, 0.29) is 0 Å². The molecule has 0 saturated heterocycles. The van der Waals surface area contributed by atoms with Crippen LogP contribution in [-0.2, 0) is 9.47 Å². The SMILES string of the molecule is BrCCCCCCCCCCOCCCCCCCCCCOCCCCCCCCCCBr. The smallest absolute Gasteiger partial charge is 0.0466 e. The van der Waals surface area contributed by atoms with E-state index in [1.165, 1.54) is 165 Å². The van der Waals surface area contributed by atoms with Crippen molar-refractivity contribution >= 4 is 31.9 Å². The normalized spacial score (nSPS) is 11.5. The van der Waals surface area contributed by atoms with E-state index in [9.17, 15) is 0 Å². The van der Waals surface area contributed by atoms with E-state index in [0.29, 0.717) is 0 Å². The standard InChI is InChI=1S/C30H60Br2O2/c31-25-19-13-7-1-3-9-15-21-27-33-29-23-17-11-5-6-12-18-24-30-34-28-22-16-10-4-2-8-14-20-26-32/h1-30H2. The van der Waals surface area contributed by atoms with Crippen LogP contribution in [0.25, 0.3) is 0 Å². The topological polar surface area (TPSA) is 18.5 Å². The highest BCUT2D eigenvalue weighted by Gasteiger charge is 1.96. The number of unbranched alkanes of at least 4 members (excludes halogenated alkanes) is 21. The summed E-state index contributed by atoms with van der Waals surface area (Å²) in [6.45, 7) is 3.90. The van der Waals surface area contributed by atoms with E-state index in [2.05, 4.69) is 31.9 Å². The molecule has 0 aromatic heterocycles. The molecule has 0 aliphatic heterocycles. The van der Waals surface area contributed by atoms with Crippen molar-refractivity contribution in [2.45, 2.75) is 154 Å². The second kappa shape index (κ2) is 33.9. The summed E-state index contributed by atoms with van der Waals surface area (Å²) in [5.74, 6) is 0. The van der Waals surface area contributed by atoms with Gasteiger partial charge in [0.1, 0.15) is 0 Å². The minimum Gasteiger partial charge on any atom is -0.381 e. The molecule has 0 amide bonds. The third-order valence-corrected chi connectivity index (χ3v) is 7.79. The van der Waals surface area contributed by atoms with Gasteiger partial charge in [0.05, 0.1) is 0 Å². The van der Waals surface area contributed by atoms with Crippen LogP contribution in [0.2, 0.25) is 0 Å². The fourth-order valence-corrected chi connectivity index (χ4v) is 5.18. The molecule has 0 fully saturated rings. The first-order chi connectivity index (χ1) is 16.9. The van der Waals surface area contributed by atoms with Gasteiger partial charge in [0, 0.05) is 37.1 Å². The number of hydrogen-bond acceptors (Lipinski definition) is 2. The first-order valence-electron chi connectivity index (χ1n) is 15.2. The Kier molecular flexibility index (Phi) is 34.8. The van der Waals surface area contributed by atoms with E-state index < -0.39 is 0 Å². The van der Waals surface area contributed by atoms with Crippen LogP contribution in [-0.4, -0.2) is 37.1 Å². The Morgan fingerprint density at radius 2 is 0.412 bits per heavy atom. The Bertz CT molecular complexity index is 310. The van der Waals surface area contributed by atoms with E-state index in [1.54, 1.807) is 0 Å². The van der Waals surface area contributed by atoms with Gasteiger partial charge in [-0.3, -0.25) is 0 Å². The van der Waals surface area contributed by atoms with Gasteiger partial charge in [0.15, 0.2) is 0 Å². The third-order valence-electron chi connectivity index (χ3n) is 6.67. The molecule has 0 spiro atoms. The first kappa shape index (κ1) is 34.9. The van der Waals surface area contributed by atoms with Crippen molar-refractivity contribution in [3.63, 3.8) is 0 Å². The van der Waals surface area contributed by atoms with Gasteiger partial charge in [-0.05, 0) is 38.5 Å². The molecule has 0 aliphatic carbocycles.